The number of amides is 3. The fourth-order valence-corrected chi connectivity index (χ4v) is 3.08. The largest absolute Gasteiger partial charge is 0.376 e. The van der Waals surface area contributed by atoms with Crippen LogP contribution in [-0.4, -0.2) is 54.5 Å². The minimum atomic E-state index is -0.675. The number of hydrogen-bond acceptors (Lipinski definition) is 4. The quantitative estimate of drug-likeness (QED) is 0.743. The maximum atomic E-state index is 13.3. The van der Waals surface area contributed by atoms with Crippen molar-refractivity contribution in [3.05, 3.63) is 29.6 Å². The van der Waals surface area contributed by atoms with Crippen LogP contribution >= 0.6 is 13.5 Å². The van der Waals surface area contributed by atoms with E-state index in [4.69, 9.17) is 4.74 Å². The van der Waals surface area contributed by atoms with Gasteiger partial charge in [0.15, 0.2) is 0 Å². The average Bonchev–Trinajstić information content (AvgIpc) is 3.06. The molecule has 2 saturated heterocycles. The maximum Gasteiger partial charge on any atom is 0.311 e. The Kier molecular flexibility index (Phi) is 6.48. The normalized spacial score (nSPS) is 20.3. The molecule has 2 heterocycles. The summed E-state index contributed by atoms with van der Waals surface area (Å²) in [5, 5.41) is 5.41. The Morgan fingerprint density at radius 3 is 2.59 bits per heavy atom. The molecule has 2 N–H and O–H groups in total. The van der Waals surface area contributed by atoms with Crippen LogP contribution in [0.2, 0.25) is 0 Å². The predicted octanol–water partition coefficient (Wildman–Crippen LogP) is 0.939. The van der Waals surface area contributed by atoms with E-state index in [1.54, 1.807) is 13.0 Å². The number of nitrogens with one attached hydrogen (secondary N) is 2. The Hall–Kier alpha value is -2.13. The van der Waals surface area contributed by atoms with Gasteiger partial charge in [-0.15, -0.1) is 0 Å². The van der Waals surface area contributed by atoms with Crippen molar-refractivity contribution in [2.75, 3.05) is 31.6 Å². The van der Waals surface area contributed by atoms with Crippen molar-refractivity contribution in [3.8, 4) is 0 Å². The summed E-state index contributed by atoms with van der Waals surface area (Å²) >= 11 is 0. The summed E-state index contributed by atoms with van der Waals surface area (Å²) in [5.74, 6) is -2.29. The minimum absolute atomic E-state index is 0. The van der Waals surface area contributed by atoms with Gasteiger partial charge in [0.1, 0.15) is 5.82 Å². The molecule has 148 valence electrons. The van der Waals surface area contributed by atoms with E-state index in [2.05, 4.69) is 10.6 Å². The van der Waals surface area contributed by atoms with E-state index in [0.29, 0.717) is 37.4 Å². The first-order chi connectivity index (χ1) is 12.3. The number of aryl methyl sites for hydroxylation is 1. The van der Waals surface area contributed by atoms with Gasteiger partial charge in [-0.1, -0.05) is 0 Å². The highest BCUT2D eigenvalue weighted by Gasteiger charge is 2.39. The molecule has 2 aliphatic heterocycles. The van der Waals surface area contributed by atoms with Crippen molar-refractivity contribution in [2.45, 2.75) is 25.8 Å². The molecule has 0 aromatic heterocycles. The zero-order valence-electron chi connectivity index (χ0n) is 15.3. The van der Waals surface area contributed by atoms with Gasteiger partial charge < -0.3 is 20.3 Å². The zero-order valence-corrected chi connectivity index (χ0v) is 16.3. The van der Waals surface area contributed by atoms with Gasteiger partial charge in [0.05, 0.1) is 24.7 Å². The lowest BCUT2D eigenvalue weighted by molar-refractivity contribution is -0.150. The first-order valence-corrected chi connectivity index (χ1v) is 8.54. The number of benzene rings is 1. The van der Waals surface area contributed by atoms with Crippen molar-refractivity contribution < 1.29 is 23.5 Å². The number of carbonyl (C=O) groups is 3. The number of ether oxygens (including phenoxy) is 1. The summed E-state index contributed by atoms with van der Waals surface area (Å²) in [6.45, 7) is 4.73. The van der Waals surface area contributed by atoms with Crippen molar-refractivity contribution in [2.24, 2.45) is 5.92 Å². The number of anilines is 1. The molecule has 1 aromatic carbocycles. The Morgan fingerprint density at radius 2 is 2.00 bits per heavy atom. The topological polar surface area (TPSA) is 87.7 Å². The summed E-state index contributed by atoms with van der Waals surface area (Å²) in [5.41, 5.74) is 0.453. The Bertz CT molecular complexity index is 754. The van der Waals surface area contributed by atoms with Gasteiger partial charge in [0, 0.05) is 18.8 Å². The van der Waals surface area contributed by atoms with Gasteiger partial charge >= 0.3 is 11.8 Å². The second kappa shape index (κ2) is 8.26. The molecule has 27 heavy (non-hydrogen) atoms. The van der Waals surface area contributed by atoms with E-state index < -0.39 is 23.3 Å². The molecule has 9 heteroatoms. The lowest BCUT2D eigenvalue weighted by atomic mass is 10.0. The summed E-state index contributed by atoms with van der Waals surface area (Å²) in [4.78, 5) is 38.1. The second-order valence-electron chi connectivity index (χ2n) is 7.20. The molecule has 0 unspecified atom stereocenters. The smallest absolute Gasteiger partial charge is 0.311 e. The summed E-state index contributed by atoms with van der Waals surface area (Å²) in [6.07, 6.45) is 0.478. The molecule has 1 atom stereocenters. The molecular formula is C18H24FN3O4S. The van der Waals surface area contributed by atoms with Gasteiger partial charge in [0.25, 0.3) is 0 Å². The first kappa shape index (κ1) is 21.2. The highest BCUT2D eigenvalue weighted by atomic mass is 32.1. The molecule has 0 radical (unpaired) electrons. The van der Waals surface area contributed by atoms with Crippen molar-refractivity contribution in [3.63, 3.8) is 0 Å². The third-order valence-electron chi connectivity index (χ3n) is 4.72. The van der Waals surface area contributed by atoms with E-state index in [-0.39, 0.29) is 31.8 Å². The molecule has 7 nitrogen and oxygen atoms in total. The van der Waals surface area contributed by atoms with Crippen LogP contribution in [0.3, 0.4) is 0 Å². The zero-order chi connectivity index (χ0) is 18.9. The summed E-state index contributed by atoms with van der Waals surface area (Å²) in [6, 6.07) is 4.34. The predicted molar refractivity (Wildman–Crippen MR) is 102 cm³/mol. The molecule has 1 aromatic rings. The number of carbonyl (C=O) groups excluding carboxylic acids is 3. The van der Waals surface area contributed by atoms with E-state index in [9.17, 15) is 18.8 Å². The van der Waals surface area contributed by atoms with Crippen molar-refractivity contribution in [1.82, 2.24) is 10.2 Å². The van der Waals surface area contributed by atoms with Gasteiger partial charge in [-0.25, -0.2) is 4.39 Å². The molecule has 0 saturated carbocycles. The molecule has 0 aliphatic carbocycles. The number of nitrogens with zero attached hydrogens (tertiary/aromatic N) is 1. The lowest BCUT2D eigenvalue weighted by Crippen LogP contribution is -2.62. The highest BCUT2D eigenvalue weighted by Crippen LogP contribution is 2.21. The lowest BCUT2D eigenvalue weighted by Gasteiger charge is -2.38. The fraction of sp³-hybridized carbons (Fsp3) is 0.500. The highest BCUT2D eigenvalue weighted by molar-refractivity contribution is 7.59. The van der Waals surface area contributed by atoms with Crippen molar-refractivity contribution >= 4 is 36.9 Å². The average molecular weight is 397 g/mol. The van der Waals surface area contributed by atoms with Gasteiger partial charge in [0.2, 0.25) is 5.91 Å². The first-order valence-electron chi connectivity index (χ1n) is 8.54. The molecular weight excluding hydrogens is 373 g/mol. The van der Waals surface area contributed by atoms with E-state index in [1.807, 2.05) is 6.92 Å². The van der Waals surface area contributed by atoms with Crippen LogP contribution in [0.25, 0.3) is 0 Å². The monoisotopic (exact) mass is 397 g/mol. The molecule has 0 bridgehead atoms. The molecule has 2 fully saturated rings. The number of halogens is 1. The van der Waals surface area contributed by atoms with E-state index >= 15 is 0 Å². The fourth-order valence-electron chi connectivity index (χ4n) is 3.08. The van der Waals surface area contributed by atoms with Gasteiger partial charge in [-0.05, 0) is 44.0 Å². The van der Waals surface area contributed by atoms with Crippen LogP contribution in [-0.2, 0) is 19.1 Å². The number of hydrogen-bond donors (Lipinski definition) is 2. The van der Waals surface area contributed by atoms with Crippen LogP contribution in [0.1, 0.15) is 18.9 Å². The molecule has 0 spiro atoms. The third-order valence-corrected chi connectivity index (χ3v) is 4.72. The van der Waals surface area contributed by atoms with Gasteiger partial charge in [-0.2, -0.15) is 13.5 Å². The molecule has 3 rings (SSSR count). The van der Waals surface area contributed by atoms with E-state index in [0.717, 1.165) is 0 Å². The number of rotatable bonds is 3. The van der Waals surface area contributed by atoms with Gasteiger partial charge in [-0.3, -0.25) is 14.4 Å². The van der Waals surface area contributed by atoms with Crippen molar-refractivity contribution in [1.29, 1.82) is 0 Å². The standard InChI is InChI=1S/C18H22FN3O4.H2S/c1-11-7-13(3-4-14(11)19)20-15(23)12-5-6-22(8-12)17(25)16(24)21-18(2)9-26-10-18;/h3-4,7,12H,5-6,8-10H2,1-2H3,(H,20,23)(H,21,24);1H2/t12-;/m0./s1. The van der Waals surface area contributed by atoms with Crippen LogP contribution < -0.4 is 10.6 Å². The Morgan fingerprint density at radius 1 is 1.30 bits per heavy atom. The molecule has 2 aliphatic rings. The molecule has 3 amide bonds. The van der Waals surface area contributed by atoms with E-state index in [1.165, 1.54) is 17.0 Å². The van der Waals surface area contributed by atoms with Crippen LogP contribution in [0.15, 0.2) is 18.2 Å². The second-order valence-corrected chi connectivity index (χ2v) is 7.20. The van der Waals surface area contributed by atoms with Crippen LogP contribution in [0.4, 0.5) is 10.1 Å². The minimum Gasteiger partial charge on any atom is -0.376 e. The SMILES string of the molecule is Cc1cc(NC(=O)[C@H]2CCN(C(=O)C(=O)NC3(C)COC3)C2)ccc1F.S. The number of likely N-dealkylation sites (tertiary alicyclic amines) is 1. The summed E-state index contributed by atoms with van der Waals surface area (Å²) < 4.78 is 18.3. The van der Waals surface area contributed by atoms with Crippen LogP contribution in [0, 0.1) is 18.7 Å². The van der Waals surface area contributed by atoms with Crippen LogP contribution in [0.5, 0.6) is 0 Å². The summed E-state index contributed by atoms with van der Waals surface area (Å²) in [7, 11) is 0. The maximum absolute atomic E-state index is 13.3. The Balaban J connectivity index is 0.00000261. The third kappa shape index (κ3) is 4.78. The Labute approximate surface area is 164 Å².